The predicted molar refractivity (Wildman–Crippen MR) is 87.0 cm³/mol. The monoisotopic (exact) mass is 340 g/mol. The van der Waals surface area contributed by atoms with Crippen LogP contribution in [0.5, 0.6) is 0 Å². The summed E-state index contributed by atoms with van der Waals surface area (Å²) < 4.78 is 1.06. The number of para-hydroxylation sites is 1. The van der Waals surface area contributed by atoms with Gasteiger partial charge in [0.25, 0.3) is 0 Å². The van der Waals surface area contributed by atoms with E-state index in [1.165, 1.54) is 5.56 Å². The molecule has 4 nitrogen and oxygen atoms in total. The van der Waals surface area contributed by atoms with E-state index in [0.717, 1.165) is 9.99 Å². The molecule has 0 saturated carbocycles. The molecule has 0 bridgehead atoms. The van der Waals surface area contributed by atoms with E-state index in [1.807, 2.05) is 24.3 Å². The van der Waals surface area contributed by atoms with Crippen molar-refractivity contribution in [3.8, 4) is 6.07 Å². The van der Waals surface area contributed by atoms with Crippen molar-refractivity contribution in [3.05, 3.63) is 58.1 Å². The summed E-state index contributed by atoms with van der Waals surface area (Å²) >= 11 is 3.43. The third-order valence-corrected chi connectivity index (χ3v) is 3.89. The topological polar surface area (TPSA) is 64.5 Å². The Morgan fingerprint density at radius 2 is 2.00 bits per heavy atom. The van der Waals surface area contributed by atoms with Crippen molar-refractivity contribution in [1.82, 2.24) is 9.97 Å². The van der Waals surface area contributed by atoms with Crippen molar-refractivity contribution in [2.24, 2.45) is 0 Å². The van der Waals surface area contributed by atoms with Gasteiger partial charge in [-0.1, -0.05) is 34.1 Å². The number of nitrogens with one attached hydrogen (secondary N) is 2. The van der Waals surface area contributed by atoms with Gasteiger partial charge in [-0.3, -0.25) is 0 Å². The fourth-order valence-corrected chi connectivity index (χ4v) is 2.49. The van der Waals surface area contributed by atoms with E-state index in [1.54, 1.807) is 6.07 Å². The van der Waals surface area contributed by atoms with E-state index >= 15 is 0 Å². The van der Waals surface area contributed by atoms with Gasteiger partial charge in [0.15, 0.2) is 0 Å². The minimum Gasteiger partial charge on any atom is -0.349 e. The van der Waals surface area contributed by atoms with Gasteiger partial charge in [0.2, 0.25) is 5.95 Å². The number of hydrogen-bond acceptors (Lipinski definition) is 3. The normalized spacial score (nSPS) is 12.0. The zero-order valence-electron chi connectivity index (χ0n) is 11.4. The minimum atomic E-state index is 0.115. The molecule has 0 saturated heterocycles. The number of imidazole rings is 1. The first-order valence-corrected chi connectivity index (χ1v) is 7.37. The molecule has 5 heteroatoms. The number of fused-ring (bicyclic) bond motifs is 1. The summed E-state index contributed by atoms with van der Waals surface area (Å²) in [5.41, 5.74) is 3.30. The van der Waals surface area contributed by atoms with Gasteiger partial charge >= 0.3 is 0 Å². The smallest absolute Gasteiger partial charge is 0.201 e. The predicted octanol–water partition coefficient (Wildman–Crippen LogP) is 4.37. The molecule has 0 spiro atoms. The maximum absolute atomic E-state index is 9.10. The van der Waals surface area contributed by atoms with Crippen LogP contribution < -0.4 is 5.32 Å². The average molecular weight is 341 g/mol. The van der Waals surface area contributed by atoms with Crippen LogP contribution in [0.15, 0.2) is 46.9 Å². The zero-order valence-corrected chi connectivity index (χ0v) is 13.0. The molecule has 2 N–H and O–H groups in total. The number of benzene rings is 2. The number of halogens is 1. The second-order valence-corrected chi connectivity index (χ2v) is 5.73. The second-order valence-electron chi connectivity index (χ2n) is 4.82. The number of aromatic nitrogens is 2. The highest BCUT2D eigenvalue weighted by molar-refractivity contribution is 9.10. The molecule has 0 radical (unpaired) electrons. The quantitative estimate of drug-likeness (QED) is 0.743. The van der Waals surface area contributed by atoms with Gasteiger partial charge in [0, 0.05) is 4.47 Å². The van der Waals surface area contributed by atoms with Gasteiger partial charge in [0.1, 0.15) is 11.6 Å². The van der Waals surface area contributed by atoms with E-state index in [-0.39, 0.29) is 6.04 Å². The lowest BCUT2D eigenvalue weighted by Gasteiger charge is -2.13. The van der Waals surface area contributed by atoms with Crippen LogP contribution in [0.1, 0.15) is 24.1 Å². The van der Waals surface area contributed by atoms with Gasteiger partial charge in [-0.15, -0.1) is 0 Å². The molecule has 0 aliphatic heterocycles. The summed E-state index contributed by atoms with van der Waals surface area (Å²) in [7, 11) is 0. The Morgan fingerprint density at radius 3 is 2.71 bits per heavy atom. The molecule has 0 amide bonds. The summed E-state index contributed by atoms with van der Waals surface area (Å²) in [4.78, 5) is 7.67. The molecule has 1 aromatic heterocycles. The maximum Gasteiger partial charge on any atom is 0.201 e. The van der Waals surface area contributed by atoms with Crippen LogP contribution in [0.25, 0.3) is 11.0 Å². The van der Waals surface area contributed by atoms with Gasteiger partial charge in [-0.05, 0) is 36.8 Å². The highest BCUT2D eigenvalue weighted by atomic mass is 79.9. The van der Waals surface area contributed by atoms with Crippen LogP contribution in [0.3, 0.4) is 0 Å². The lowest BCUT2D eigenvalue weighted by molar-refractivity contribution is 0.868. The second kappa shape index (κ2) is 5.58. The summed E-state index contributed by atoms with van der Waals surface area (Å²) in [5.74, 6) is 0.670. The Bertz CT molecular complexity index is 814. The molecule has 0 aliphatic carbocycles. The Kier molecular flexibility index (Phi) is 3.63. The summed E-state index contributed by atoms with van der Waals surface area (Å²) in [6.07, 6.45) is 0. The number of nitriles is 1. The molecule has 0 fully saturated rings. The van der Waals surface area contributed by atoms with Crippen molar-refractivity contribution in [3.63, 3.8) is 0 Å². The molecule has 104 valence electrons. The number of nitrogens with zero attached hydrogens (tertiary/aromatic N) is 2. The van der Waals surface area contributed by atoms with Crippen molar-refractivity contribution < 1.29 is 0 Å². The molecular formula is C16H13BrN4. The highest BCUT2D eigenvalue weighted by Crippen LogP contribution is 2.22. The van der Waals surface area contributed by atoms with Crippen LogP contribution >= 0.6 is 15.9 Å². The third-order valence-electron chi connectivity index (χ3n) is 3.36. The first-order chi connectivity index (χ1) is 10.2. The first kappa shape index (κ1) is 13.7. The SMILES string of the molecule is C[C@@H](Nc1nc2c(C#N)cccc2[nH]1)c1ccc(Br)cc1. The fourth-order valence-electron chi connectivity index (χ4n) is 2.23. The minimum absolute atomic E-state index is 0.115. The van der Waals surface area contributed by atoms with Crippen molar-refractivity contribution in [2.75, 3.05) is 5.32 Å². The van der Waals surface area contributed by atoms with Crippen LogP contribution in [-0.2, 0) is 0 Å². The van der Waals surface area contributed by atoms with E-state index in [4.69, 9.17) is 5.26 Å². The first-order valence-electron chi connectivity index (χ1n) is 6.58. The standard InChI is InChI=1S/C16H13BrN4/c1-10(11-5-7-13(17)8-6-11)19-16-20-14-4-2-3-12(9-18)15(14)21-16/h2-8,10H,1H3,(H2,19,20,21)/t10-/m1/s1. The lowest BCUT2D eigenvalue weighted by atomic mass is 10.1. The van der Waals surface area contributed by atoms with Crippen LogP contribution in [0, 0.1) is 11.3 Å². The molecule has 3 rings (SSSR count). The number of hydrogen-bond donors (Lipinski definition) is 2. The maximum atomic E-state index is 9.10. The number of aromatic amines is 1. The van der Waals surface area contributed by atoms with Gasteiger partial charge in [0.05, 0.1) is 17.1 Å². The van der Waals surface area contributed by atoms with E-state index in [0.29, 0.717) is 17.0 Å². The molecular weight excluding hydrogens is 328 g/mol. The average Bonchev–Trinajstić information content (AvgIpc) is 2.90. The third kappa shape index (κ3) is 2.76. The van der Waals surface area contributed by atoms with Crippen LogP contribution in [-0.4, -0.2) is 9.97 Å². The lowest BCUT2D eigenvalue weighted by Crippen LogP contribution is -2.07. The van der Waals surface area contributed by atoms with Gasteiger partial charge in [-0.25, -0.2) is 4.98 Å². The summed E-state index contributed by atoms with van der Waals surface area (Å²) in [6.45, 7) is 2.07. The van der Waals surface area contributed by atoms with Crippen molar-refractivity contribution >= 4 is 32.9 Å². The molecule has 3 aromatic rings. The fraction of sp³-hybridized carbons (Fsp3) is 0.125. The number of rotatable bonds is 3. The number of H-pyrrole nitrogens is 1. The molecule has 0 unspecified atom stereocenters. The van der Waals surface area contributed by atoms with E-state index < -0.39 is 0 Å². The van der Waals surface area contributed by atoms with E-state index in [2.05, 4.69) is 56.3 Å². The zero-order chi connectivity index (χ0) is 14.8. The molecule has 2 aromatic carbocycles. The van der Waals surface area contributed by atoms with Gasteiger partial charge < -0.3 is 10.3 Å². The molecule has 1 heterocycles. The van der Waals surface area contributed by atoms with Crippen LogP contribution in [0.4, 0.5) is 5.95 Å². The van der Waals surface area contributed by atoms with Crippen molar-refractivity contribution in [1.29, 1.82) is 5.26 Å². The summed E-state index contributed by atoms with van der Waals surface area (Å²) in [6, 6.07) is 16.0. The van der Waals surface area contributed by atoms with E-state index in [9.17, 15) is 0 Å². The van der Waals surface area contributed by atoms with Crippen LogP contribution in [0.2, 0.25) is 0 Å². The Morgan fingerprint density at radius 1 is 1.24 bits per heavy atom. The largest absolute Gasteiger partial charge is 0.349 e. The van der Waals surface area contributed by atoms with Gasteiger partial charge in [-0.2, -0.15) is 5.26 Å². The van der Waals surface area contributed by atoms with Crippen molar-refractivity contribution in [2.45, 2.75) is 13.0 Å². The Balaban J connectivity index is 1.88. The highest BCUT2D eigenvalue weighted by Gasteiger charge is 2.10. The Labute approximate surface area is 131 Å². The Hall–Kier alpha value is -2.32. The number of anilines is 1. The molecule has 21 heavy (non-hydrogen) atoms. The molecule has 1 atom stereocenters. The summed E-state index contributed by atoms with van der Waals surface area (Å²) in [5, 5.41) is 12.4. The molecule has 0 aliphatic rings.